The minimum atomic E-state index is -0.390. The topological polar surface area (TPSA) is 83.0 Å². The predicted molar refractivity (Wildman–Crippen MR) is 70.3 cm³/mol. The molecular weight excluding hydrogens is 246 g/mol. The number of benzene rings is 1. The van der Waals surface area contributed by atoms with Gasteiger partial charge in [0, 0.05) is 25.6 Å². The van der Waals surface area contributed by atoms with Gasteiger partial charge in [-0.15, -0.1) is 0 Å². The number of hydrogen-bond donors (Lipinski definition) is 0. The van der Waals surface area contributed by atoms with Crippen LogP contribution >= 0.6 is 0 Å². The molecule has 0 aromatic heterocycles. The summed E-state index contributed by atoms with van der Waals surface area (Å²) in [7, 11) is 3.20. The lowest BCUT2D eigenvalue weighted by Crippen LogP contribution is -2.26. The van der Waals surface area contributed by atoms with Crippen molar-refractivity contribution in [2.45, 2.75) is 12.8 Å². The zero-order valence-electron chi connectivity index (χ0n) is 10.9. The van der Waals surface area contributed by atoms with E-state index in [1.165, 1.54) is 4.90 Å². The summed E-state index contributed by atoms with van der Waals surface area (Å²) in [6.07, 6.45) is 0.872. The fourth-order valence-corrected chi connectivity index (χ4v) is 1.48. The first-order chi connectivity index (χ1) is 9.08. The number of ether oxygens (including phenoxy) is 1. The van der Waals surface area contributed by atoms with Crippen molar-refractivity contribution in [3.63, 3.8) is 0 Å². The first-order valence-electron chi connectivity index (χ1n) is 5.69. The standard InChI is InChI=1S/C13H15N3O3/c1-16(10-3-6-12(19-2)7-4-10)13(18)8-5-11(17)9-15-14/h3-4,6-7,9H,5,8H2,1-2H3. The zero-order chi connectivity index (χ0) is 14.3. The summed E-state index contributed by atoms with van der Waals surface area (Å²) >= 11 is 0. The van der Waals surface area contributed by atoms with E-state index in [4.69, 9.17) is 10.3 Å². The van der Waals surface area contributed by atoms with Gasteiger partial charge in [-0.2, -0.15) is 4.79 Å². The van der Waals surface area contributed by atoms with Crippen LogP contribution in [-0.2, 0) is 9.59 Å². The molecule has 6 heteroatoms. The molecule has 6 nitrogen and oxygen atoms in total. The molecular formula is C13H15N3O3. The highest BCUT2D eigenvalue weighted by Gasteiger charge is 2.13. The number of Topliss-reactive ketones (excluding diaryl/α,β-unsaturated/α-hetero) is 1. The molecule has 0 N–H and O–H groups in total. The SMILES string of the molecule is COc1ccc(N(C)C(=O)CCC(=O)C=[N+]=[N-])cc1. The van der Waals surface area contributed by atoms with Gasteiger partial charge in [-0.25, -0.2) is 0 Å². The molecule has 100 valence electrons. The van der Waals surface area contributed by atoms with Crippen LogP contribution in [0.15, 0.2) is 24.3 Å². The third-order valence-corrected chi connectivity index (χ3v) is 2.62. The monoisotopic (exact) mass is 261 g/mol. The first kappa shape index (κ1) is 14.6. The molecule has 0 atom stereocenters. The van der Waals surface area contributed by atoms with Gasteiger partial charge in [0.15, 0.2) is 0 Å². The van der Waals surface area contributed by atoms with Gasteiger partial charge in [-0.1, -0.05) is 0 Å². The molecule has 1 aromatic rings. The van der Waals surface area contributed by atoms with Crippen LogP contribution in [0.1, 0.15) is 12.8 Å². The van der Waals surface area contributed by atoms with E-state index in [0.29, 0.717) is 11.4 Å². The molecule has 19 heavy (non-hydrogen) atoms. The van der Waals surface area contributed by atoms with Gasteiger partial charge in [0.05, 0.1) is 7.11 Å². The van der Waals surface area contributed by atoms with Crippen LogP contribution in [0.3, 0.4) is 0 Å². The van der Waals surface area contributed by atoms with Crippen LogP contribution in [-0.4, -0.2) is 36.9 Å². The fraction of sp³-hybridized carbons (Fsp3) is 0.308. The quantitative estimate of drug-likeness (QED) is 0.439. The maximum absolute atomic E-state index is 11.8. The largest absolute Gasteiger partial charge is 0.497 e. The van der Waals surface area contributed by atoms with Crippen molar-refractivity contribution in [3.8, 4) is 5.75 Å². The number of carbonyl (C=O) groups excluding carboxylic acids is 2. The second-order valence-electron chi connectivity index (χ2n) is 3.86. The molecule has 0 heterocycles. The lowest BCUT2D eigenvalue weighted by atomic mass is 10.2. The lowest BCUT2D eigenvalue weighted by Gasteiger charge is -2.17. The third-order valence-electron chi connectivity index (χ3n) is 2.62. The smallest absolute Gasteiger partial charge is 0.323 e. The highest BCUT2D eigenvalue weighted by Crippen LogP contribution is 2.18. The molecule has 0 fully saturated rings. The molecule has 0 aliphatic rings. The average molecular weight is 261 g/mol. The lowest BCUT2D eigenvalue weighted by molar-refractivity contribution is -0.122. The molecule has 0 aliphatic heterocycles. The van der Waals surface area contributed by atoms with E-state index in [1.54, 1.807) is 38.4 Å². The second-order valence-corrected chi connectivity index (χ2v) is 3.86. The number of nitrogens with zero attached hydrogens (tertiary/aromatic N) is 3. The van der Waals surface area contributed by atoms with Crippen LogP contribution in [0, 0.1) is 0 Å². The van der Waals surface area contributed by atoms with Crippen molar-refractivity contribution in [3.05, 3.63) is 29.8 Å². The van der Waals surface area contributed by atoms with Crippen molar-refractivity contribution in [1.29, 1.82) is 0 Å². The summed E-state index contributed by atoms with van der Waals surface area (Å²) in [5.74, 6) is 0.128. The van der Waals surface area contributed by atoms with Crippen LogP contribution in [0.2, 0.25) is 0 Å². The number of methoxy groups -OCH3 is 1. The van der Waals surface area contributed by atoms with E-state index in [9.17, 15) is 9.59 Å². The zero-order valence-corrected chi connectivity index (χ0v) is 10.9. The maximum Gasteiger partial charge on any atom is 0.323 e. The Balaban J connectivity index is 2.60. The van der Waals surface area contributed by atoms with Gasteiger partial charge >= 0.3 is 6.21 Å². The van der Waals surface area contributed by atoms with Crippen LogP contribution < -0.4 is 9.64 Å². The van der Waals surface area contributed by atoms with E-state index in [-0.39, 0.29) is 24.5 Å². The maximum atomic E-state index is 11.8. The summed E-state index contributed by atoms with van der Waals surface area (Å²) in [6.45, 7) is 0. The molecule has 0 saturated heterocycles. The molecule has 0 radical (unpaired) electrons. The Kier molecular flexibility index (Phi) is 5.44. The second kappa shape index (κ2) is 7.08. The van der Waals surface area contributed by atoms with E-state index >= 15 is 0 Å². The molecule has 0 unspecified atom stereocenters. The van der Waals surface area contributed by atoms with E-state index in [0.717, 1.165) is 6.21 Å². The molecule has 0 bridgehead atoms. The fourth-order valence-electron chi connectivity index (χ4n) is 1.48. The number of amides is 1. The van der Waals surface area contributed by atoms with Gasteiger partial charge in [0.1, 0.15) is 5.75 Å². The Morgan fingerprint density at radius 3 is 2.47 bits per heavy atom. The van der Waals surface area contributed by atoms with Gasteiger partial charge in [0.25, 0.3) is 0 Å². The predicted octanol–water partition coefficient (Wildman–Crippen LogP) is 1.31. The van der Waals surface area contributed by atoms with Crippen molar-refractivity contribution in [1.82, 2.24) is 0 Å². The van der Waals surface area contributed by atoms with Crippen molar-refractivity contribution < 1.29 is 19.1 Å². The van der Waals surface area contributed by atoms with Crippen molar-refractivity contribution in [2.24, 2.45) is 0 Å². The first-order valence-corrected chi connectivity index (χ1v) is 5.69. The van der Waals surface area contributed by atoms with E-state index < -0.39 is 0 Å². The van der Waals surface area contributed by atoms with Gasteiger partial charge in [-0.3, -0.25) is 9.59 Å². The van der Waals surface area contributed by atoms with Crippen molar-refractivity contribution >= 4 is 23.6 Å². The molecule has 0 saturated carbocycles. The normalized spacial score (nSPS) is 9.37. The molecule has 1 aromatic carbocycles. The number of rotatable bonds is 6. The minimum Gasteiger partial charge on any atom is -0.497 e. The molecule has 1 amide bonds. The number of hydrogen-bond acceptors (Lipinski definition) is 3. The van der Waals surface area contributed by atoms with E-state index in [1.807, 2.05) is 0 Å². The molecule has 0 spiro atoms. The molecule has 1 rings (SSSR count). The Hall–Kier alpha value is -2.46. The third kappa shape index (κ3) is 4.37. The number of anilines is 1. The highest BCUT2D eigenvalue weighted by molar-refractivity contribution is 6.25. The Bertz CT molecular complexity index is 504. The summed E-state index contributed by atoms with van der Waals surface area (Å²) in [5, 5.41) is 0. The Labute approximate surface area is 111 Å². The van der Waals surface area contributed by atoms with Gasteiger partial charge in [-0.05, 0) is 24.3 Å². The van der Waals surface area contributed by atoms with Crippen LogP contribution in [0.25, 0.3) is 5.53 Å². The Morgan fingerprint density at radius 1 is 1.32 bits per heavy atom. The number of carbonyl (C=O) groups is 2. The number of ketones is 1. The Morgan fingerprint density at radius 2 is 1.95 bits per heavy atom. The van der Waals surface area contributed by atoms with Gasteiger partial charge < -0.3 is 15.2 Å². The molecule has 0 aliphatic carbocycles. The summed E-state index contributed by atoms with van der Waals surface area (Å²) < 4.78 is 5.03. The van der Waals surface area contributed by atoms with Crippen LogP contribution in [0.5, 0.6) is 5.75 Å². The van der Waals surface area contributed by atoms with E-state index in [2.05, 4.69) is 4.79 Å². The van der Waals surface area contributed by atoms with Crippen LogP contribution in [0.4, 0.5) is 5.69 Å². The summed E-state index contributed by atoms with van der Waals surface area (Å²) in [4.78, 5) is 27.0. The van der Waals surface area contributed by atoms with Crippen molar-refractivity contribution in [2.75, 3.05) is 19.1 Å². The average Bonchev–Trinajstić information content (AvgIpc) is 2.44. The highest BCUT2D eigenvalue weighted by atomic mass is 16.5. The van der Waals surface area contributed by atoms with Gasteiger partial charge in [0.2, 0.25) is 11.7 Å². The summed E-state index contributed by atoms with van der Waals surface area (Å²) in [6, 6.07) is 7.02. The minimum absolute atomic E-state index is 0.0173. The summed E-state index contributed by atoms with van der Waals surface area (Å²) in [5.41, 5.74) is 8.90.